The summed E-state index contributed by atoms with van der Waals surface area (Å²) in [5.74, 6) is 1.98. The molecule has 5 rings (SSSR count). The van der Waals surface area contributed by atoms with Gasteiger partial charge < -0.3 is 25.6 Å². The lowest BCUT2D eigenvalue weighted by molar-refractivity contribution is 0.102. The Morgan fingerprint density at radius 1 is 0.941 bits per heavy atom. The average molecular weight is 456 g/mol. The summed E-state index contributed by atoms with van der Waals surface area (Å²) in [5, 5.41) is 5.11. The summed E-state index contributed by atoms with van der Waals surface area (Å²) in [6, 6.07) is 17.4. The first-order valence-electron chi connectivity index (χ1n) is 11.0. The van der Waals surface area contributed by atoms with Crippen LogP contribution in [0.15, 0.2) is 67.0 Å². The van der Waals surface area contributed by atoms with Crippen LogP contribution in [0.25, 0.3) is 10.8 Å². The van der Waals surface area contributed by atoms with Crippen molar-refractivity contribution in [3.8, 4) is 5.75 Å². The van der Waals surface area contributed by atoms with E-state index in [0.29, 0.717) is 17.4 Å². The zero-order chi connectivity index (χ0) is 23.5. The molecule has 9 nitrogen and oxygen atoms in total. The van der Waals surface area contributed by atoms with Crippen molar-refractivity contribution >= 4 is 40.0 Å². The molecule has 0 radical (unpaired) electrons. The van der Waals surface area contributed by atoms with Crippen LogP contribution in [-0.2, 0) is 0 Å². The number of piperazine rings is 1. The van der Waals surface area contributed by atoms with Gasteiger partial charge in [-0.1, -0.05) is 24.3 Å². The number of pyridine rings is 1. The number of methoxy groups -OCH3 is 1. The van der Waals surface area contributed by atoms with Crippen molar-refractivity contribution in [3.63, 3.8) is 0 Å². The molecule has 172 valence electrons. The van der Waals surface area contributed by atoms with Gasteiger partial charge in [-0.2, -0.15) is 4.98 Å². The van der Waals surface area contributed by atoms with Crippen LogP contribution in [0.4, 0.5) is 23.3 Å². The van der Waals surface area contributed by atoms with Gasteiger partial charge in [0.1, 0.15) is 22.9 Å². The average Bonchev–Trinajstić information content (AvgIpc) is 2.89. The van der Waals surface area contributed by atoms with Crippen LogP contribution in [-0.4, -0.2) is 54.1 Å². The van der Waals surface area contributed by atoms with E-state index < -0.39 is 0 Å². The van der Waals surface area contributed by atoms with Crippen molar-refractivity contribution in [1.29, 1.82) is 0 Å². The van der Waals surface area contributed by atoms with Crippen molar-refractivity contribution in [1.82, 2.24) is 15.0 Å². The molecule has 4 aromatic rings. The van der Waals surface area contributed by atoms with Crippen LogP contribution in [0.2, 0.25) is 0 Å². The molecular formula is C25H25N7O2. The molecule has 1 amide bonds. The standard InChI is InChI=1S/C25H25N7O2/c1-34-20-8-6-19(7-9-20)29-24(33)21-16-28-25(30-23(21)26)32-12-10-31(11-13-32)22-14-17-4-2-3-5-18(17)15-27-22/h2-9,14-16H,10-13H2,1H3,(H,29,33)(H2,26,28,30). The van der Waals surface area contributed by atoms with E-state index in [9.17, 15) is 4.79 Å². The number of anilines is 4. The lowest BCUT2D eigenvalue weighted by Gasteiger charge is -2.35. The molecule has 0 unspecified atom stereocenters. The van der Waals surface area contributed by atoms with Gasteiger partial charge in [-0.15, -0.1) is 0 Å². The molecule has 3 heterocycles. The molecule has 1 aliphatic rings. The number of nitrogens with zero attached hydrogens (tertiary/aromatic N) is 5. The smallest absolute Gasteiger partial charge is 0.260 e. The number of aromatic nitrogens is 3. The fourth-order valence-electron chi connectivity index (χ4n) is 3.97. The third kappa shape index (κ3) is 4.40. The van der Waals surface area contributed by atoms with Crippen molar-refractivity contribution in [3.05, 3.63) is 72.6 Å². The van der Waals surface area contributed by atoms with Crippen LogP contribution in [0.1, 0.15) is 10.4 Å². The molecule has 0 bridgehead atoms. The number of nitrogens with one attached hydrogen (secondary N) is 1. The van der Waals surface area contributed by atoms with Gasteiger partial charge in [0.15, 0.2) is 0 Å². The topological polar surface area (TPSA) is 110 Å². The minimum absolute atomic E-state index is 0.148. The number of amides is 1. The van der Waals surface area contributed by atoms with Gasteiger partial charge in [0, 0.05) is 49.6 Å². The second kappa shape index (κ2) is 9.22. The number of benzene rings is 2. The normalized spacial score (nSPS) is 13.7. The van der Waals surface area contributed by atoms with E-state index in [4.69, 9.17) is 10.5 Å². The Bertz CT molecular complexity index is 1320. The highest BCUT2D eigenvalue weighted by atomic mass is 16.5. The first-order chi connectivity index (χ1) is 16.6. The van der Waals surface area contributed by atoms with E-state index in [1.807, 2.05) is 18.3 Å². The van der Waals surface area contributed by atoms with Crippen LogP contribution in [0.3, 0.4) is 0 Å². The van der Waals surface area contributed by atoms with E-state index in [0.717, 1.165) is 37.4 Å². The number of hydrogen-bond acceptors (Lipinski definition) is 8. The van der Waals surface area contributed by atoms with E-state index >= 15 is 0 Å². The van der Waals surface area contributed by atoms with E-state index in [1.165, 1.54) is 11.6 Å². The van der Waals surface area contributed by atoms with Crippen molar-refractivity contribution in [2.45, 2.75) is 0 Å². The highest BCUT2D eigenvalue weighted by Gasteiger charge is 2.22. The van der Waals surface area contributed by atoms with Crippen molar-refractivity contribution in [2.75, 3.05) is 54.1 Å². The highest BCUT2D eigenvalue weighted by Crippen LogP contribution is 2.22. The second-order valence-corrected chi connectivity index (χ2v) is 8.02. The van der Waals surface area contributed by atoms with Gasteiger partial charge in [0.25, 0.3) is 5.91 Å². The lowest BCUT2D eigenvalue weighted by atomic mass is 10.2. The molecule has 9 heteroatoms. The van der Waals surface area contributed by atoms with Crippen LogP contribution >= 0.6 is 0 Å². The van der Waals surface area contributed by atoms with Crippen molar-refractivity contribution < 1.29 is 9.53 Å². The number of rotatable bonds is 5. The Balaban J connectivity index is 1.23. The molecule has 1 aliphatic heterocycles. The molecule has 0 spiro atoms. The number of ether oxygens (including phenoxy) is 1. The molecular weight excluding hydrogens is 430 g/mol. The molecule has 0 atom stereocenters. The number of fused-ring (bicyclic) bond motifs is 1. The number of nitrogens with two attached hydrogens (primary N) is 1. The first-order valence-corrected chi connectivity index (χ1v) is 11.0. The quantitative estimate of drug-likeness (QED) is 0.472. The lowest BCUT2D eigenvalue weighted by Crippen LogP contribution is -2.47. The predicted molar refractivity (Wildman–Crippen MR) is 134 cm³/mol. The van der Waals surface area contributed by atoms with Gasteiger partial charge in [-0.3, -0.25) is 4.79 Å². The number of nitrogen functional groups attached to an aromatic ring is 1. The summed E-state index contributed by atoms with van der Waals surface area (Å²) in [5.41, 5.74) is 6.99. The molecule has 1 saturated heterocycles. The van der Waals surface area contributed by atoms with E-state index in [-0.39, 0.29) is 17.3 Å². The summed E-state index contributed by atoms with van der Waals surface area (Å²) in [6.07, 6.45) is 3.39. The third-order valence-corrected chi connectivity index (χ3v) is 5.90. The maximum Gasteiger partial charge on any atom is 0.260 e. The largest absolute Gasteiger partial charge is 0.497 e. The molecule has 34 heavy (non-hydrogen) atoms. The highest BCUT2D eigenvalue weighted by molar-refractivity contribution is 6.07. The molecule has 2 aromatic carbocycles. The minimum Gasteiger partial charge on any atom is -0.497 e. The molecule has 3 N–H and O–H groups in total. The fraction of sp³-hybridized carbons (Fsp3) is 0.200. The van der Waals surface area contributed by atoms with Crippen LogP contribution in [0, 0.1) is 0 Å². The number of hydrogen-bond donors (Lipinski definition) is 2. The summed E-state index contributed by atoms with van der Waals surface area (Å²) < 4.78 is 5.13. The Labute approximate surface area is 197 Å². The van der Waals surface area contributed by atoms with Gasteiger partial charge in [-0.25, -0.2) is 9.97 Å². The van der Waals surface area contributed by atoms with E-state index in [2.05, 4.69) is 48.3 Å². The molecule has 1 fully saturated rings. The Morgan fingerprint density at radius 2 is 1.65 bits per heavy atom. The fourth-order valence-corrected chi connectivity index (χ4v) is 3.97. The maximum atomic E-state index is 12.6. The number of carbonyl (C=O) groups excluding carboxylic acids is 1. The Morgan fingerprint density at radius 3 is 2.35 bits per heavy atom. The first kappa shape index (κ1) is 21.4. The van der Waals surface area contributed by atoms with Crippen LogP contribution in [0.5, 0.6) is 5.75 Å². The van der Waals surface area contributed by atoms with E-state index in [1.54, 1.807) is 31.4 Å². The van der Waals surface area contributed by atoms with Gasteiger partial charge in [-0.05, 0) is 35.7 Å². The van der Waals surface area contributed by atoms with Gasteiger partial charge >= 0.3 is 0 Å². The van der Waals surface area contributed by atoms with Gasteiger partial charge in [0.05, 0.1) is 7.11 Å². The SMILES string of the molecule is COc1ccc(NC(=O)c2cnc(N3CCN(c4cc5ccccc5cn4)CC3)nc2N)cc1. The van der Waals surface area contributed by atoms with Crippen molar-refractivity contribution in [2.24, 2.45) is 0 Å². The zero-order valence-corrected chi connectivity index (χ0v) is 18.8. The summed E-state index contributed by atoms with van der Waals surface area (Å²) in [4.78, 5) is 30.4. The summed E-state index contributed by atoms with van der Waals surface area (Å²) in [7, 11) is 1.59. The summed E-state index contributed by atoms with van der Waals surface area (Å²) >= 11 is 0. The van der Waals surface area contributed by atoms with Gasteiger partial charge in [0.2, 0.25) is 5.95 Å². The molecule has 2 aromatic heterocycles. The Hall–Kier alpha value is -4.40. The monoisotopic (exact) mass is 455 g/mol. The summed E-state index contributed by atoms with van der Waals surface area (Å²) in [6.45, 7) is 3.03. The third-order valence-electron chi connectivity index (χ3n) is 5.90. The Kier molecular flexibility index (Phi) is 5.82. The maximum absolute atomic E-state index is 12.6. The number of carbonyl (C=O) groups is 1. The van der Waals surface area contributed by atoms with Crippen LogP contribution < -0.4 is 25.6 Å². The molecule has 0 saturated carbocycles. The predicted octanol–water partition coefficient (Wildman–Crippen LogP) is 3.19. The second-order valence-electron chi connectivity index (χ2n) is 8.02. The minimum atomic E-state index is -0.360. The molecule has 0 aliphatic carbocycles. The zero-order valence-electron chi connectivity index (χ0n) is 18.8.